The summed E-state index contributed by atoms with van der Waals surface area (Å²) in [5.41, 5.74) is 0.847. The van der Waals surface area contributed by atoms with Gasteiger partial charge in [-0.05, 0) is 0 Å². The van der Waals surface area contributed by atoms with Gasteiger partial charge < -0.3 is 9.67 Å². The van der Waals surface area contributed by atoms with E-state index >= 15 is 0 Å². The van der Waals surface area contributed by atoms with Gasteiger partial charge in [0.2, 0.25) is 0 Å². The maximum Gasteiger partial charge on any atom is 0.134 e. The van der Waals surface area contributed by atoms with Gasteiger partial charge in [-0.1, -0.05) is 0 Å². The van der Waals surface area contributed by atoms with Gasteiger partial charge in [0.25, 0.3) is 0 Å². The Labute approximate surface area is 80.8 Å². The predicted octanol–water partition coefficient (Wildman–Crippen LogP) is -0.448. The number of aliphatic hydroxyl groups is 1. The SMILES string of the molecule is Cn1ncc(Cn2ccnc2CO)n1. The number of aryl methyl sites for hydroxylation is 1. The van der Waals surface area contributed by atoms with Crippen LogP contribution in [0.3, 0.4) is 0 Å². The molecule has 0 radical (unpaired) electrons. The van der Waals surface area contributed by atoms with Crippen molar-refractivity contribution in [3.05, 3.63) is 30.1 Å². The Morgan fingerprint density at radius 2 is 2.36 bits per heavy atom. The summed E-state index contributed by atoms with van der Waals surface area (Å²) in [5.74, 6) is 0.635. The van der Waals surface area contributed by atoms with Crippen LogP contribution in [0.25, 0.3) is 0 Å². The minimum atomic E-state index is -0.0622. The molecule has 0 amide bonds. The molecule has 1 N–H and O–H groups in total. The zero-order chi connectivity index (χ0) is 9.97. The largest absolute Gasteiger partial charge is 0.388 e. The molecule has 0 spiro atoms. The number of nitrogens with zero attached hydrogens (tertiary/aromatic N) is 5. The molecule has 0 atom stereocenters. The smallest absolute Gasteiger partial charge is 0.134 e. The van der Waals surface area contributed by atoms with E-state index in [4.69, 9.17) is 5.11 Å². The number of rotatable bonds is 3. The van der Waals surface area contributed by atoms with E-state index in [0.717, 1.165) is 5.69 Å². The Morgan fingerprint density at radius 1 is 1.50 bits per heavy atom. The van der Waals surface area contributed by atoms with E-state index in [2.05, 4.69) is 15.2 Å². The molecule has 14 heavy (non-hydrogen) atoms. The van der Waals surface area contributed by atoms with Crippen molar-refractivity contribution in [2.45, 2.75) is 13.2 Å². The normalized spacial score (nSPS) is 10.7. The highest BCUT2D eigenvalue weighted by molar-refractivity contribution is 4.98. The van der Waals surface area contributed by atoms with Crippen LogP contribution in [0.2, 0.25) is 0 Å². The molecule has 2 heterocycles. The van der Waals surface area contributed by atoms with Crippen molar-refractivity contribution >= 4 is 0 Å². The summed E-state index contributed by atoms with van der Waals surface area (Å²) in [7, 11) is 1.77. The third-order valence-corrected chi connectivity index (χ3v) is 1.92. The first-order valence-electron chi connectivity index (χ1n) is 4.25. The molecule has 0 aliphatic rings. The molecule has 2 rings (SSSR count). The summed E-state index contributed by atoms with van der Waals surface area (Å²) in [4.78, 5) is 5.50. The second kappa shape index (κ2) is 3.59. The average molecular weight is 193 g/mol. The first-order valence-corrected chi connectivity index (χ1v) is 4.25. The summed E-state index contributed by atoms with van der Waals surface area (Å²) in [6, 6.07) is 0. The summed E-state index contributed by atoms with van der Waals surface area (Å²) >= 11 is 0. The molecule has 0 aliphatic heterocycles. The van der Waals surface area contributed by atoms with Gasteiger partial charge in [0.15, 0.2) is 0 Å². The van der Waals surface area contributed by atoms with Gasteiger partial charge in [-0.2, -0.15) is 15.0 Å². The van der Waals surface area contributed by atoms with Crippen molar-refractivity contribution in [2.24, 2.45) is 7.05 Å². The summed E-state index contributed by atoms with van der Waals surface area (Å²) < 4.78 is 1.84. The van der Waals surface area contributed by atoms with E-state index in [1.54, 1.807) is 25.6 Å². The van der Waals surface area contributed by atoms with Crippen LogP contribution >= 0.6 is 0 Å². The van der Waals surface area contributed by atoms with E-state index in [-0.39, 0.29) is 6.61 Å². The van der Waals surface area contributed by atoms with Crippen molar-refractivity contribution in [3.63, 3.8) is 0 Å². The lowest BCUT2D eigenvalue weighted by Crippen LogP contribution is -2.05. The standard InChI is InChI=1S/C8H11N5O/c1-12-10-4-7(11-12)5-13-3-2-9-8(13)6-14/h2-4,14H,5-6H2,1H3. The fraction of sp³-hybridized carbons (Fsp3) is 0.375. The highest BCUT2D eigenvalue weighted by Crippen LogP contribution is 2.01. The molecular formula is C8H11N5O. The monoisotopic (exact) mass is 193 g/mol. The molecule has 2 aromatic rings. The Hall–Kier alpha value is -1.69. The zero-order valence-electron chi connectivity index (χ0n) is 7.83. The maximum absolute atomic E-state index is 8.97. The first kappa shape index (κ1) is 8.89. The molecule has 0 aliphatic carbocycles. The number of hydrogen-bond donors (Lipinski definition) is 1. The average Bonchev–Trinajstić information content (AvgIpc) is 2.76. The predicted molar refractivity (Wildman–Crippen MR) is 48.3 cm³/mol. The quantitative estimate of drug-likeness (QED) is 0.717. The van der Waals surface area contributed by atoms with Crippen LogP contribution < -0.4 is 0 Å². The second-order valence-electron chi connectivity index (χ2n) is 2.95. The van der Waals surface area contributed by atoms with Gasteiger partial charge >= 0.3 is 0 Å². The molecule has 6 heteroatoms. The molecule has 6 nitrogen and oxygen atoms in total. The Morgan fingerprint density at radius 3 is 3.00 bits per heavy atom. The van der Waals surface area contributed by atoms with Gasteiger partial charge in [-0.3, -0.25) is 0 Å². The lowest BCUT2D eigenvalue weighted by molar-refractivity contribution is 0.266. The third-order valence-electron chi connectivity index (χ3n) is 1.92. The van der Waals surface area contributed by atoms with Gasteiger partial charge in [0.05, 0.1) is 12.7 Å². The van der Waals surface area contributed by atoms with E-state index in [1.807, 2.05) is 4.57 Å². The van der Waals surface area contributed by atoms with E-state index in [0.29, 0.717) is 12.4 Å². The van der Waals surface area contributed by atoms with Crippen LogP contribution in [-0.2, 0) is 20.2 Å². The fourth-order valence-corrected chi connectivity index (χ4v) is 1.27. The number of aliphatic hydroxyl groups excluding tert-OH is 1. The molecule has 74 valence electrons. The molecule has 2 aromatic heterocycles. The highest BCUT2D eigenvalue weighted by atomic mass is 16.3. The highest BCUT2D eigenvalue weighted by Gasteiger charge is 2.03. The van der Waals surface area contributed by atoms with Crippen molar-refractivity contribution < 1.29 is 5.11 Å². The van der Waals surface area contributed by atoms with Crippen LogP contribution in [-0.4, -0.2) is 29.7 Å². The molecule has 0 fully saturated rings. The van der Waals surface area contributed by atoms with Crippen molar-refractivity contribution in [3.8, 4) is 0 Å². The Balaban J connectivity index is 2.18. The molecule has 0 unspecified atom stereocenters. The van der Waals surface area contributed by atoms with Crippen molar-refractivity contribution in [2.75, 3.05) is 0 Å². The van der Waals surface area contributed by atoms with Crippen molar-refractivity contribution in [1.29, 1.82) is 0 Å². The minimum absolute atomic E-state index is 0.0622. The topological polar surface area (TPSA) is 68.8 Å². The van der Waals surface area contributed by atoms with E-state index in [1.165, 1.54) is 4.80 Å². The first-order chi connectivity index (χ1) is 6.79. The lowest BCUT2D eigenvalue weighted by Gasteiger charge is -2.01. The van der Waals surface area contributed by atoms with Gasteiger partial charge in [0.1, 0.15) is 18.1 Å². The van der Waals surface area contributed by atoms with Crippen LogP contribution in [0.15, 0.2) is 18.6 Å². The summed E-state index contributed by atoms with van der Waals surface area (Å²) in [6.07, 6.45) is 5.16. The zero-order valence-corrected chi connectivity index (χ0v) is 7.83. The van der Waals surface area contributed by atoms with Gasteiger partial charge in [-0.25, -0.2) is 4.98 Å². The van der Waals surface area contributed by atoms with Crippen molar-refractivity contribution in [1.82, 2.24) is 24.5 Å². The van der Waals surface area contributed by atoms with E-state index in [9.17, 15) is 0 Å². The second-order valence-corrected chi connectivity index (χ2v) is 2.95. The maximum atomic E-state index is 8.97. The van der Waals surface area contributed by atoms with Crippen LogP contribution in [0.4, 0.5) is 0 Å². The summed E-state index contributed by atoms with van der Waals surface area (Å²) in [5, 5.41) is 17.1. The van der Waals surface area contributed by atoms with E-state index < -0.39 is 0 Å². The minimum Gasteiger partial charge on any atom is -0.388 e. The van der Waals surface area contributed by atoms with Gasteiger partial charge in [0, 0.05) is 19.4 Å². The van der Waals surface area contributed by atoms with Crippen LogP contribution in [0.1, 0.15) is 11.5 Å². The number of hydrogen-bond acceptors (Lipinski definition) is 4. The molecular weight excluding hydrogens is 182 g/mol. The lowest BCUT2D eigenvalue weighted by atomic mass is 10.4. The summed E-state index contributed by atoms with van der Waals surface area (Å²) in [6.45, 7) is 0.525. The number of aromatic nitrogens is 5. The van der Waals surface area contributed by atoms with Crippen LogP contribution in [0, 0.1) is 0 Å². The number of imidazole rings is 1. The van der Waals surface area contributed by atoms with Gasteiger partial charge in [-0.15, -0.1) is 0 Å². The molecule has 0 aromatic carbocycles. The third kappa shape index (κ3) is 1.64. The Kier molecular flexibility index (Phi) is 2.28. The fourth-order valence-electron chi connectivity index (χ4n) is 1.27. The molecule has 0 saturated carbocycles. The Bertz CT molecular complexity index is 419. The molecule has 0 saturated heterocycles. The molecule has 0 bridgehead atoms. The van der Waals surface area contributed by atoms with Crippen LogP contribution in [0.5, 0.6) is 0 Å².